The van der Waals surface area contributed by atoms with Gasteiger partial charge < -0.3 is 30.1 Å². The van der Waals surface area contributed by atoms with Gasteiger partial charge in [-0.1, -0.05) is 81.5 Å². The normalized spacial score (nSPS) is 18.6. The number of hydrogen-bond acceptors (Lipinski definition) is 8. The van der Waals surface area contributed by atoms with Gasteiger partial charge >= 0.3 is 30.0 Å². The van der Waals surface area contributed by atoms with Gasteiger partial charge in [0.25, 0.3) is 0 Å². The van der Waals surface area contributed by atoms with Crippen molar-refractivity contribution >= 4 is 35.7 Å². The molecular weight excluding hydrogens is 680 g/mol. The van der Waals surface area contributed by atoms with E-state index < -0.39 is 42.2 Å². The third kappa shape index (κ3) is 9.81. The second-order valence-corrected chi connectivity index (χ2v) is 14.0. The Hall–Kier alpha value is -5.23. The smallest absolute Gasteiger partial charge is 0.412 e. The Morgan fingerprint density at radius 2 is 1.34 bits per heavy atom. The van der Waals surface area contributed by atoms with Crippen LogP contribution in [-0.4, -0.2) is 76.1 Å². The van der Waals surface area contributed by atoms with Gasteiger partial charge in [0, 0.05) is 23.2 Å². The minimum Gasteiger partial charge on any atom is -0.478 e. The predicted octanol–water partition coefficient (Wildman–Crippen LogP) is 6.93. The van der Waals surface area contributed by atoms with Crippen LogP contribution in [0.3, 0.4) is 0 Å². The lowest BCUT2D eigenvalue weighted by Gasteiger charge is -2.31. The Morgan fingerprint density at radius 1 is 0.811 bits per heavy atom. The molecule has 0 spiro atoms. The van der Waals surface area contributed by atoms with Crippen LogP contribution in [0.4, 0.5) is 10.5 Å². The molecule has 3 aromatic carbocycles. The maximum Gasteiger partial charge on any atom is 0.412 e. The van der Waals surface area contributed by atoms with E-state index in [9.17, 15) is 39.3 Å². The van der Waals surface area contributed by atoms with E-state index in [1.54, 1.807) is 43.0 Å². The highest BCUT2D eigenvalue weighted by Crippen LogP contribution is 2.45. The molecule has 53 heavy (non-hydrogen) atoms. The molecule has 5 atom stereocenters. The number of rotatable bonds is 14. The molecule has 1 aliphatic heterocycles. The SMILES string of the molecule is CCCCCC(CC)N(C(=O)O)c1ccc2c(c1)[C@]1(C)CCN[C@@H]1C2.Cc1ccc(C(=O)O[C@@H](C(=O)O)[C@@H](OC(=O)c2ccc(C)cc2)C(=O)O)cc1. The number of nitrogens with one attached hydrogen (secondary N) is 1. The molecule has 1 saturated heterocycles. The molecule has 3 aromatic rings. The van der Waals surface area contributed by atoms with Crippen LogP contribution in [0, 0.1) is 13.8 Å². The highest BCUT2D eigenvalue weighted by atomic mass is 16.6. The topological polar surface area (TPSA) is 180 Å². The average Bonchev–Trinajstić information content (AvgIpc) is 3.62. The highest BCUT2D eigenvalue weighted by molar-refractivity contribution is 5.95. The summed E-state index contributed by atoms with van der Waals surface area (Å²) in [6.07, 6.45) is 2.14. The molecule has 1 unspecified atom stereocenters. The van der Waals surface area contributed by atoms with Crippen LogP contribution in [-0.2, 0) is 30.9 Å². The summed E-state index contributed by atoms with van der Waals surface area (Å²) in [7, 11) is 0. The van der Waals surface area contributed by atoms with Crippen molar-refractivity contribution in [1.82, 2.24) is 5.32 Å². The Balaban J connectivity index is 0.000000238. The van der Waals surface area contributed by atoms with Gasteiger partial charge in [-0.15, -0.1) is 0 Å². The summed E-state index contributed by atoms with van der Waals surface area (Å²) >= 11 is 0. The summed E-state index contributed by atoms with van der Waals surface area (Å²) in [5.41, 5.74) is 5.53. The number of carboxylic acid groups (broad SMARTS) is 3. The van der Waals surface area contributed by atoms with Gasteiger partial charge in [-0.3, -0.25) is 4.90 Å². The van der Waals surface area contributed by atoms with E-state index in [1.807, 2.05) is 6.07 Å². The molecule has 284 valence electrons. The first-order chi connectivity index (χ1) is 25.2. The first kappa shape index (κ1) is 40.5. The summed E-state index contributed by atoms with van der Waals surface area (Å²) in [5.74, 6) is -5.62. The number of anilines is 1. The monoisotopic (exact) mass is 730 g/mol. The summed E-state index contributed by atoms with van der Waals surface area (Å²) in [5, 5.41) is 32.2. The lowest BCUT2D eigenvalue weighted by molar-refractivity contribution is -0.166. The highest BCUT2D eigenvalue weighted by Gasteiger charge is 2.46. The Kier molecular flexibility index (Phi) is 13.8. The van der Waals surface area contributed by atoms with Gasteiger partial charge in [0.1, 0.15) is 0 Å². The first-order valence-electron chi connectivity index (χ1n) is 18.1. The van der Waals surface area contributed by atoms with E-state index >= 15 is 0 Å². The summed E-state index contributed by atoms with van der Waals surface area (Å²) in [4.78, 5) is 61.0. The van der Waals surface area contributed by atoms with Crippen LogP contribution < -0.4 is 10.2 Å². The largest absolute Gasteiger partial charge is 0.478 e. The lowest BCUT2D eigenvalue weighted by Crippen LogP contribution is -2.45. The summed E-state index contributed by atoms with van der Waals surface area (Å²) < 4.78 is 9.64. The van der Waals surface area contributed by atoms with Crippen molar-refractivity contribution in [3.05, 3.63) is 100 Å². The summed E-state index contributed by atoms with van der Waals surface area (Å²) in [6.45, 7) is 11.3. The Morgan fingerprint density at radius 3 is 1.79 bits per heavy atom. The number of benzene rings is 3. The molecule has 1 fully saturated rings. The van der Waals surface area contributed by atoms with Gasteiger partial charge in [0.2, 0.25) is 12.2 Å². The van der Waals surface area contributed by atoms with Gasteiger partial charge in [-0.2, -0.15) is 0 Å². The average molecular weight is 731 g/mol. The van der Waals surface area contributed by atoms with Crippen LogP contribution in [0.5, 0.6) is 0 Å². The van der Waals surface area contributed by atoms with Gasteiger partial charge in [0.05, 0.1) is 11.1 Å². The quantitative estimate of drug-likeness (QED) is 0.0998. The van der Waals surface area contributed by atoms with E-state index in [-0.39, 0.29) is 22.6 Å². The first-order valence-corrected chi connectivity index (χ1v) is 18.1. The standard InChI is InChI=1S/C21H32N2O2.C20H18O8/c1-4-6-7-8-16(5-2)23(20(24)25)17-10-9-15-13-19-21(3,11-12-22-19)18(15)14-17;1-11-3-7-13(8-4-11)19(25)27-15(17(21)22)16(18(23)24)28-20(26)14-9-5-12(2)6-10-14/h9-10,14,16,19,22H,4-8,11-13H2,1-3H3,(H,24,25);3-10,15-16H,1-2H3,(H,21,22)(H,23,24)/t16?,19-,21+;15-,16-/m11/s1. The molecule has 4 N–H and O–H groups in total. The van der Waals surface area contributed by atoms with E-state index in [4.69, 9.17) is 9.47 Å². The zero-order valence-corrected chi connectivity index (χ0v) is 31.0. The van der Waals surface area contributed by atoms with Crippen molar-refractivity contribution in [3.8, 4) is 0 Å². The van der Waals surface area contributed by atoms with Crippen molar-refractivity contribution in [2.24, 2.45) is 0 Å². The number of unbranched alkanes of at least 4 members (excludes halogenated alkanes) is 2. The molecule has 0 saturated carbocycles. The number of carbonyl (C=O) groups excluding carboxylic acids is 2. The van der Waals surface area contributed by atoms with E-state index in [0.29, 0.717) is 6.04 Å². The zero-order valence-electron chi connectivity index (χ0n) is 31.0. The van der Waals surface area contributed by atoms with Crippen LogP contribution in [0.2, 0.25) is 0 Å². The number of esters is 2. The van der Waals surface area contributed by atoms with Gasteiger partial charge in [0.15, 0.2) is 0 Å². The minimum absolute atomic E-state index is 0.0332. The number of nitrogens with zero attached hydrogens (tertiary/aromatic N) is 1. The molecule has 12 nitrogen and oxygen atoms in total. The maximum absolute atomic E-state index is 12.2. The minimum atomic E-state index is -2.22. The number of carbonyl (C=O) groups is 5. The number of ether oxygens (including phenoxy) is 2. The molecule has 5 rings (SSSR count). The molecule has 0 aromatic heterocycles. The van der Waals surface area contributed by atoms with Crippen LogP contribution in [0.1, 0.15) is 102 Å². The van der Waals surface area contributed by atoms with Crippen LogP contribution in [0.25, 0.3) is 0 Å². The van der Waals surface area contributed by atoms with Crippen molar-refractivity contribution in [2.75, 3.05) is 11.4 Å². The molecule has 1 heterocycles. The number of aryl methyl sites for hydroxylation is 2. The number of hydrogen-bond donors (Lipinski definition) is 4. The van der Waals surface area contributed by atoms with Crippen LogP contribution in [0.15, 0.2) is 66.7 Å². The molecule has 0 bridgehead atoms. The molecule has 1 amide bonds. The lowest BCUT2D eigenvalue weighted by atomic mass is 9.80. The fraction of sp³-hybridized carbons (Fsp3) is 0.439. The maximum atomic E-state index is 12.2. The fourth-order valence-electron chi connectivity index (χ4n) is 7.02. The molecule has 12 heteroatoms. The third-order valence-corrected chi connectivity index (χ3v) is 10.2. The van der Waals surface area contributed by atoms with Crippen molar-refractivity contribution < 1.29 is 48.8 Å². The number of amides is 1. The number of aliphatic carboxylic acids is 2. The summed E-state index contributed by atoms with van der Waals surface area (Å²) in [6, 6.07) is 19.0. The Labute approximate surface area is 310 Å². The molecule has 2 aliphatic rings. The van der Waals surface area contributed by atoms with E-state index in [2.05, 4.69) is 38.2 Å². The fourth-order valence-corrected chi connectivity index (χ4v) is 7.02. The number of fused-ring (bicyclic) bond motifs is 3. The second-order valence-electron chi connectivity index (χ2n) is 14.0. The molecule has 1 aliphatic carbocycles. The third-order valence-electron chi connectivity index (χ3n) is 10.2. The zero-order chi connectivity index (χ0) is 38.9. The molecule has 0 radical (unpaired) electrons. The van der Waals surface area contributed by atoms with Crippen molar-refractivity contribution in [2.45, 2.75) is 109 Å². The van der Waals surface area contributed by atoms with E-state index in [1.165, 1.54) is 41.8 Å². The second kappa shape index (κ2) is 18.0. The number of carboxylic acids is 2. The van der Waals surface area contributed by atoms with Gasteiger partial charge in [-0.05, 0) is 93.6 Å². The van der Waals surface area contributed by atoms with E-state index in [0.717, 1.165) is 61.9 Å². The van der Waals surface area contributed by atoms with Gasteiger partial charge in [-0.25, -0.2) is 24.0 Å². The predicted molar refractivity (Wildman–Crippen MR) is 199 cm³/mol. The van der Waals surface area contributed by atoms with Crippen molar-refractivity contribution in [3.63, 3.8) is 0 Å². The van der Waals surface area contributed by atoms with Crippen LogP contribution >= 0.6 is 0 Å². The molecular formula is C41H50N2O10. The Bertz CT molecular complexity index is 1700. The van der Waals surface area contributed by atoms with Crippen molar-refractivity contribution in [1.29, 1.82) is 0 Å².